The molecule has 0 atom stereocenters. The standard InChI is InChI=1S/C16H24FN3O3/c1-16(2,3)23-15(22)20-12-6-4-11(5-7-12)19-13-8-10(17)9-18-14(13)21/h8-9,11-12,19H,4-7H2,1-3H3,(H,18,21)(H,20,22). The Hall–Kier alpha value is -2.05. The average molecular weight is 325 g/mol. The summed E-state index contributed by atoms with van der Waals surface area (Å²) in [7, 11) is 0. The molecule has 128 valence electrons. The van der Waals surface area contributed by atoms with Gasteiger partial charge in [0.2, 0.25) is 5.88 Å². The van der Waals surface area contributed by atoms with Crippen molar-refractivity contribution >= 4 is 11.8 Å². The van der Waals surface area contributed by atoms with Crippen LogP contribution in [0.4, 0.5) is 14.9 Å². The Balaban J connectivity index is 1.80. The Kier molecular flexibility index (Phi) is 5.28. The van der Waals surface area contributed by atoms with Gasteiger partial charge in [-0.15, -0.1) is 0 Å². The fraction of sp³-hybridized carbons (Fsp3) is 0.625. The predicted molar refractivity (Wildman–Crippen MR) is 84.9 cm³/mol. The first-order chi connectivity index (χ1) is 10.7. The number of carbonyl (C=O) groups is 1. The maximum Gasteiger partial charge on any atom is 0.407 e. The first kappa shape index (κ1) is 17.3. The van der Waals surface area contributed by atoms with Crippen molar-refractivity contribution in [3.8, 4) is 5.88 Å². The molecule has 0 saturated heterocycles. The number of hydrogen-bond acceptors (Lipinski definition) is 5. The lowest BCUT2D eigenvalue weighted by molar-refractivity contribution is 0.0492. The van der Waals surface area contributed by atoms with Crippen LogP contribution < -0.4 is 10.6 Å². The van der Waals surface area contributed by atoms with Crippen molar-refractivity contribution in [1.29, 1.82) is 0 Å². The molecule has 0 unspecified atom stereocenters. The molecule has 0 spiro atoms. The van der Waals surface area contributed by atoms with Gasteiger partial charge in [-0.05, 0) is 46.5 Å². The zero-order chi connectivity index (χ0) is 17.0. The zero-order valence-electron chi connectivity index (χ0n) is 13.7. The van der Waals surface area contributed by atoms with Crippen LogP contribution in [0, 0.1) is 5.82 Å². The van der Waals surface area contributed by atoms with Gasteiger partial charge in [0.1, 0.15) is 17.1 Å². The molecule has 1 aliphatic carbocycles. The lowest BCUT2D eigenvalue weighted by Gasteiger charge is -2.31. The van der Waals surface area contributed by atoms with Crippen LogP contribution in [0.25, 0.3) is 0 Å². The van der Waals surface area contributed by atoms with E-state index in [9.17, 15) is 14.3 Å². The van der Waals surface area contributed by atoms with Gasteiger partial charge in [-0.25, -0.2) is 14.2 Å². The Morgan fingerprint density at radius 1 is 1.30 bits per heavy atom. The number of alkyl carbamates (subject to hydrolysis) is 1. The molecular formula is C16H24FN3O3. The van der Waals surface area contributed by atoms with Crippen LogP contribution in [-0.2, 0) is 4.74 Å². The average Bonchev–Trinajstić information content (AvgIpc) is 2.43. The van der Waals surface area contributed by atoms with Crippen LogP contribution in [0.5, 0.6) is 5.88 Å². The third kappa shape index (κ3) is 5.58. The van der Waals surface area contributed by atoms with Crippen LogP contribution in [0.3, 0.4) is 0 Å². The normalized spacial score (nSPS) is 21.6. The molecule has 1 saturated carbocycles. The van der Waals surface area contributed by atoms with Gasteiger partial charge >= 0.3 is 6.09 Å². The molecule has 1 aromatic heterocycles. The van der Waals surface area contributed by atoms with E-state index >= 15 is 0 Å². The zero-order valence-corrected chi connectivity index (χ0v) is 13.7. The summed E-state index contributed by atoms with van der Waals surface area (Å²) in [5, 5.41) is 15.6. The van der Waals surface area contributed by atoms with Gasteiger partial charge in [0.05, 0.1) is 6.20 Å². The van der Waals surface area contributed by atoms with E-state index < -0.39 is 17.5 Å². The summed E-state index contributed by atoms with van der Waals surface area (Å²) in [5.41, 5.74) is -0.210. The van der Waals surface area contributed by atoms with Crippen molar-refractivity contribution in [1.82, 2.24) is 10.3 Å². The number of anilines is 1. The molecule has 0 aromatic carbocycles. The fourth-order valence-corrected chi connectivity index (χ4v) is 2.61. The van der Waals surface area contributed by atoms with Crippen molar-refractivity contribution in [2.45, 2.75) is 64.1 Å². The Labute approximate surface area is 135 Å². The summed E-state index contributed by atoms with van der Waals surface area (Å²) >= 11 is 0. The number of pyridine rings is 1. The second kappa shape index (κ2) is 7.02. The number of amides is 1. The molecule has 6 nitrogen and oxygen atoms in total. The number of ether oxygens (including phenoxy) is 1. The van der Waals surface area contributed by atoms with Gasteiger partial charge in [0, 0.05) is 18.2 Å². The molecule has 0 bridgehead atoms. The molecule has 23 heavy (non-hydrogen) atoms. The topological polar surface area (TPSA) is 83.5 Å². The summed E-state index contributed by atoms with van der Waals surface area (Å²) in [5.74, 6) is -0.703. The monoisotopic (exact) mass is 325 g/mol. The molecule has 2 rings (SSSR count). The molecule has 1 aromatic rings. The van der Waals surface area contributed by atoms with Gasteiger partial charge < -0.3 is 20.5 Å². The quantitative estimate of drug-likeness (QED) is 0.795. The summed E-state index contributed by atoms with van der Waals surface area (Å²) in [6.45, 7) is 5.48. The van der Waals surface area contributed by atoms with Crippen molar-refractivity contribution in [3.63, 3.8) is 0 Å². The van der Waals surface area contributed by atoms with Crippen LogP contribution in [-0.4, -0.2) is 33.9 Å². The van der Waals surface area contributed by atoms with Crippen molar-refractivity contribution < 1.29 is 19.0 Å². The molecule has 1 heterocycles. The highest BCUT2D eigenvalue weighted by Crippen LogP contribution is 2.26. The summed E-state index contributed by atoms with van der Waals surface area (Å²) in [6.07, 6.45) is 3.76. The van der Waals surface area contributed by atoms with Gasteiger partial charge in [-0.1, -0.05) is 0 Å². The molecule has 7 heteroatoms. The van der Waals surface area contributed by atoms with Gasteiger partial charge in [0.25, 0.3) is 0 Å². The number of rotatable bonds is 3. The van der Waals surface area contributed by atoms with Gasteiger partial charge in [-0.2, -0.15) is 0 Å². The number of nitrogens with zero attached hydrogens (tertiary/aromatic N) is 1. The second-order valence-corrected chi connectivity index (χ2v) is 6.86. The first-order valence-corrected chi connectivity index (χ1v) is 7.83. The van der Waals surface area contributed by atoms with Crippen LogP contribution in [0.15, 0.2) is 12.3 Å². The van der Waals surface area contributed by atoms with Crippen molar-refractivity contribution in [2.75, 3.05) is 5.32 Å². The van der Waals surface area contributed by atoms with Crippen LogP contribution in [0.2, 0.25) is 0 Å². The van der Waals surface area contributed by atoms with Gasteiger partial charge in [0.15, 0.2) is 0 Å². The Morgan fingerprint density at radius 3 is 2.52 bits per heavy atom. The van der Waals surface area contributed by atoms with E-state index in [-0.39, 0.29) is 18.0 Å². The molecule has 1 amide bonds. The minimum atomic E-state index is -0.509. The number of hydrogen-bond donors (Lipinski definition) is 3. The lowest BCUT2D eigenvalue weighted by atomic mass is 9.91. The third-order valence-corrected chi connectivity index (χ3v) is 3.64. The van der Waals surface area contributed by atoms with E-state index in [1.807, 2.05) is 20.8 Å². The number of aromatic nitrogens is 1. The third-order valence-electron chi connectivity index (χ3n) is 3.64. The molecule has 0 aliphatic heterocycles. The number of carbonyl (C=O) groups excluding carboxylic acids is 1. The number of aromatic hydroxyl groups is 1. The highest BCUT2D eigenvalue weighted by molar-refractivity contribution is 5.68. The van der Waals surface area contributed by atoms with Crippen LogP contribution >= 0.6 is 0 Å². The fourth-order valence-electron chi connectivity index (χ4n) is 2.61. The summed E-state index contributed by atoms with van der Waals surface area (Å²) < 4.78 is 18.4. The summed E-state index contributed by atoms with van der Waals surface area (Å²) in [6, 6.07) is 1.41. The van der Waals surface area contributed by atoms with Gasteiger partial charge in [-0.3, -0.25) is 0 Å². The predicted octanol–water partition coefficient (Wildman–Crippen LogP) is 3.17. The molecular weight excluding hydrogens is 301 g/mol. The molecule has 0 radical (unpaired) electrons. The Morgan fingerprint density at radius 2 is 1.91 bits per heavy atom. The molecule has 3 N–H and O–H groups in total. The first-order valence-electron chi connectivity index (χ1n) is 7.83. The van der Waals surface area contributed by atoms with E-state index in [0.717, 1.165) is 31.9 Å². The number of nitrogens with one attached hydrogen (secondary N) is 2. The van der Waals surface area contributed by atoms with Crippen molar-refractivity contribution in [3.05, 3.63) is 18.1 Å². The minimum absolute atomic E-state index is 0.0714. The minimum Gasteiger partial charge on any atom is -0.492 e. The van der Waals surface area contributed by atoms with Crippen molar-refractivity contribution in [2.24, 2.45) is 0 Å². The van der Waals surface area contributed by atoms with E-state index in [4.69, 9.17) is 4.74 Å². The van der Waals surface area contributed by atoms with Crippen LogP contribution in [0.1, 0.15) is 46.5 Å². The number of halogens is 1. The Bertz CT molecular complexity index is 552. The second-order valence-electron chi connectivity index (χ2n) is 6.86. The maximum atomic E-state index is 13.2. The summed E-state index contributed by atoms with van der Waals surface area (Å²) in [4.78, 5) is 15.3. The molecule has 1 aliphatic rings. The van der Waals surface area contributed by atoms with E-state index in [1.165, 1.54) is 6.07 Å². The van der Waals surface area contributed by atoms with E-state index in [1.54, 1.807) is 0 Å². The highest BCUT2D eigenvalue weighted by atomic mass is 19.1. The maximum absolute atomic E-state index is 13.2. The largest absolute Gasteiger partial charge is 0.492 e. The highest BCUT2D eigenvalue weighted by Gasteiger charge is 2.25. The van der Waals surface area contributed by atoms with E-state index in [0.29, 0.717) is 5.69 Å². The SMILES string of the molecule is CC(C)(C)OC(=O)NC1CCC(Nc2cc(F)cnc2O)CC1. The lowest BCUT2D eigenvalue weighted by Crippen LogP contribution is -2.42. The molecule has 1 fully saturated rings. The van der Waals surface area contributed by atoms with E-state index in [2.05, 4.69) is 15.6 Å². The smallest absolute Gasteiger partial charge is 0.407 e.